The van der Waals surface area contributed by atoms with E-state index in [4.69, 9.17) is 5.11 Å². The number of nitrogens with one attached hydrogen (secondary N) is 1. The van der Waals surface area contributed by atoms with Crippen molar-refractivity contribution in [3.8, 4) is 0 Å². The van der Waals surface area contributed by atoms with Gasteiger partial charge in [-0.05, 0) is 49.1 Å². The highest BCUT2D eigenvalue weighted by Crippen LogP contribution is 2.19. The van der Waals surface area contributed by atoms with Gasteiger partial charge in [0.1, 0.15) is 0 Å². The van der Waals surface area contributed by atoms with E-state index in [2.05, 4.69) is 5.32 Å². The number of carboxylic acid groups (broad SMARTS) is 1. The van der Waals surface area contributed by atoms with Crippen LogP contribution in [0.5, 0.6) is 0 Å². The fourth-order valence-corrected chi connectivity index (χ4v) is 1.99. The number of rotatable bonds is 6. The summed E-state index contributed by atoms with van der Waals surface area (Å²) in [6.07, 6.45) is 4.26. The molecule has 0 aliphatic heterocycles. The van der Waals surface area contributed by atoms with Gasteiger partial charge in [-0.1, -0.05) is 19.9 Å². The van der Waals surface area contributed by atoms with Crippen LogP contribution in [0.3, 0.4) is 0 Å². The Hall–Kier alpha value is -2.10. The van der Waals surface area contributed by atoms with Crippen LogP contribution in [0.15, 0.2) is 24.3 Å². The number of carboxylic acids is 1. The number of aliphatic carboxylic acids is 1. The van der Waals surface area contributed by atoms with E-state index >= 15 is 0 Å². The van der Waals surface area contributed by atoms with Gasteiger partial charge in [0.25, 0.3) is 0 Å². The molecular weight excluding hydrogens is 254 g/mol. The molecule has 0 unspecified atom stereocenters. The molecule has 0 bridgehead atoms. The summed E-state index contributed by atoms with van der Waals surface area (Å²) in [4.78, 5) is 22.5. The van der Waals surface area contributed by atoms with Crippen molar-refractivity contribution in [2.24, 2.45) is 5.92 Å². The van der Waals surface area contributed by atoms with Crippen LogP contribution in [0.4, 0.5) is 5.69 Å². The van der Waals surface area contributed by atoms with Gasteiger partial charge in [-0.15, -0.1) is 0 Å². The summed E-state index contributed by atoms with van der Waals surface area (Å²) < 4.78 is 0. The molecule has 0 radical (unpaired) electrons. The van der Waals surface area contributed by atoms with Crippen LogP contribution >= 0.6 is 0 Å². The molecular formula is C16H21NO3. The van der Waals surface area contributed by atoms with Crippen molar-refractivity contribution < 1.29 is 14.7 Å². The number of amides is 1. The van der Waals surface area contributed by atoms with Crippen molar-refractivity contribution in [2.45, 2.75) is 33.6 Å². The van der Waals surface area contributed by atoms with Gasteiger partial charge in [-0.2, -0.15) is 0 Å². The largest absolute Gasteiger partial charge is 0.478 e. The van der Waals surface area contributed by atoms with E-state index in [9.17, 15) is 9.59 Å². The number of benzene rings is 1. The number of hydrogen-bond donors (Lipinski definition) is 2. The maximum absolute atomic E-state index is 12.0. The Morgan fingerprint density at radius 2 is 1.95 bits per heavy atom. The van der Waals surface area contributed by atoms with Crippen molar-refractivity contribution in [1.29, 1.82) is 0 Å². The van der Waals surface area contributed by atoms with Gasteiger partial charge in [0.2, 0.25) is 5.91 Å². The van der Waals surface area contributed by atoms with Crippen molar-refractivity contribution >= 4 is 23.6 Å². The summed E-state index contributed by atoms with van der Waals surface area (Å²) in [7, 11) is 0. The highest BCUT2D eigenvalue weighted by molar-refractivity contribution is 5.93. The molecule has 20 heavy (non-hydrogen) atoms. The highest BCUT2D eigenvalue weighted by atomic mass is 16.4. The van der Waals surface area contributed by atoms with Gasteiger partial charge in [0.05, 0.1) is 0 Å². The Bertz CT molecular complexity index is 516. The molecule has 0 spiro atoms. The van der Waals surface area contributed by atoms with Crippen LogP contribution in [-0.4, -0.2) is 17.0 Å². The number of carbonyl (C=O) groups excluding carboxylic acids is 1. The topological polar surface area (TPSA) is 66.4 Å². The highest BCUT2D eigenvalue weighted by Gasteiger charge is 2.14. The summed E-state index contributed by atoms with van der Waals surface area (Å²) >= 11 is 0. The Balaban J connectivity index is 2.83. The summed E-state index contributed by atoms with van der Waals surface area (Å²) in [6, 6.07) is 5.44. The first-order valence-corrected chi connectivity index (χ1v) is 6.80. The van der Waals surface area contributed by atoms with Gasteiger partial charge in [0, 0.05) is 17.7 Å². The summed E-state index contributed by atoms with van der Waals surface area (Å²) in [6.45, 7) is 5.89. The van der Waals surface area contributed by atoms with Gasteiger partial charge in [-0.3, -0.25) is 4.79 Å². The Morgan fingerprint density at radius 1 is 1.30 bits per heavy atom. The first kappa shape index (κ1) is 16.0. The zero-order valence-electron chi connectivity index (χ0n) is 12.1. The van der Waals surface area contributed by atoms with Crippen LogP contribution in [0.2, 0.25) is 0 Å². The molecule has 0 heterocycles. The Kier molecular flexibility index (Phi) is 5.97. The Morgan fingerprint density at radius 3 is 2.45 bits per heavy atom. The predicted molar refractivity (Wildman–Crippen MR) is 80.6 cm³/mol. The minimum atomic E-state index is -0.978. The lowest BCUT2D eigenvalue weighted by Gasteiger charge is -2.14. The van der Waals surface area contributed by atoms with Crippen LogP contribution in [0.25, 0.3) is 6.08 Å². The van der Waals surface area contributed by atoms with Crippen LogP contribution in [0, 0.1) is 12.8 Å². The molecule has 108 valence electrons. The van der Waals surface area contributed by atoms with E-state index in [1.807, 2.05) is 26.8 Å². The van der Waals surface area contributed by atoms with E-state index < -0.39 is 5.97 Å². The zero-order valence-corrected chi connectivity index (χ0v) is 12.1. The molecule has 1 aromatic carbocycles. The van der Waals surface area contributed by atoms with E-state index in [-0.39, 0.29) is 11.8 Å². The predicted octanol–water partition coefficient (Wildman–Crippen LogP) is 3.47. The molecule has 0 saturated heterocycles. The summed E-state index contributed by atoms with van der Waals surface area (Å²) in [5, 5.41) is 11.5. The molecule has 1 aromatic rings. The maximum atomic E-state index is 12.0. The van der Waals surface area contributed by atoms with Crippen molar-refractivity contribution in [2.75, 3.05) is 5.32 Å². The molecule has 0 saturated carbocycles. The maximum Gasteiger partial charge on any atom is 0.328 e. The average molecular weight is 275 g/mol. The van der Waals surface area contributed by atoms with Gasteiger partial charge >= 0.3 is 5.97 Å². The lowest BCUT2D eigenvalue weighted by Crippen LogP contribution is -2.22. The van der Waals surface area contributed by atoms with Crippen molar-refractivity contribution in [1.82, 2.24) is 0 Å². The van der Waals surface area contributed by atoms with Crippen molar-refractivity contribution in [3.05, 3.63) is 35.4 Å². The van der Waals surface area contributed by atoms with E-state index in [1.165, 1.54) is 6.08 Å². The number of carbonyl (C=O) groups is 2. The van der Waals surface area contributed by atoms with Gasteiger partial charge in [-0.25, -0.2) is 4.79 Å². The first-order chi connectivity index (χ1) is 9.47. The molecule has 0 atom stereocenters. The SMILES string of the molecule is CCC(CC)C(=O)Nc1ccc(C=CC(=O)O)cc1C. The number of anilines is 1. The summed E-state index contributed by atoms with van der Waals surface area (Å²) in [5.74, 6) is -0.915. The van der Waals surface area contributed by atoms with Crippen LogP contribution in [-0.2, 0) is 9.59 Å². The second-order valence-electron chi connectivity index (χ2n) is 4.75. The van der Waals surface area contributed by atoms with Crippen LogP contribution < -0.4 is 5.32 Å². The molecule has 1 rings (SSSR count). The second kappa shape index (κ2) is 7.48. The van der Waals surface area contributed by atoms with E-state index in [0.717, 1.165) is 35.7 Å². The number of hydrogen-bond acceptors (Lipinski definition) is 2. The van der Waals surface area contributed by atoms with E-state index in [0.29, 0.717) is 0 Å². The molecule has 4 heteroatoms. The summed E-state index contributed by atoms with van der Waals surface area (Å²) in [5.41, 5.74) is 2.48. The fourth-order valence-electron chi connectivity index (χ4n) is 1.99. The molecule has 2 N–H and O–H groups in total. The fraction of sp³-hybridized carbons (Fsp3) is 0.375. The third-order valence-corrected chi connectivity index (χ3v) is 3.28. The molecule has 0 aliphatic rings. The lowest BCUT2D eigenvalue weighted by molar-refractivity contribution is -0.131. The van der Waals surface area contributed by atoms with E-state index in [1.54, 1.807) is 12.1 Å². The molecule has 4 nitrogen and oxygen atoms in total. The van der Waals surface area contributed by atoms with Gasteiger partial charge in [0.15, 0.2) is 0 Å². The minimum Gasteiger partial charge on any atom is -0.478 e. The molecule has 1 amide bonds. The van der Waals surface area contributed by atoms with Crippen molar-refractivity contribution in [3.63, 3.8) is 0 Å². The van der Waals surface area contributed by atoms with Crippen LogP contribution in [0.1, 0.15) is 37.8 Å². The molecule has 0 fully saturated rings. The standard InChI is InChI=1S/C16H21NO3/c1-4-13(5-2)16(20)17-14-8-6-12(10-11(14)3)7-9-15(18)19/h6-10,13H,4-5H2,1-3H3,(H,17,20)(H,18,19). The quantitative estimate of drug-likeness (QED) is 0.781. The zero-order chi connectivity index (χ0) is 15.1. The monoisotopic (exact) mass is 275 g/mol. The lowest BCUT2D eigenvalue weighted by atomic mass is 10.0. The average Bonchev–Trinajstić information content (AvgIpc) is 2.40. The Labute approximate surface area is 119 Å². The van der Waals surface area contributed by atoms with Gasteiger partial charge < -0.3 is 10.4 Å². The first-order valence-electron chi connectivity index (χ1n) is 6.80. The third kappa shape index (κ3) is 4.53. The normalized spacial score (nSPS) is 11.0. The number of aryl methyl sites for hydroxylation is 1. The molecule has 0 aromatic heterocycles. The second-order valence-corrected chi connectivity index (χ2v) is 4.75. The molecule has 0 aliphatic carbocycles. The smallest absolute Gasteiger partial charge is 0.328 e. The third-order valence-electron chi connectivity index (χ3n) is 3.28. The minimum absolute atomic E-state index is 0.0287.